The molecule has 1 aliphatic heterocycles. The largest absolute Gasteiger partial charge is 0.496 e. The number of nitrogens with one attached hydrogen (secondary N) is 1. The lowest BCUT2D eigenvalue weighted by Crippen LogP contribution is -2.35. The molecule has 1 N–H and O–H groups in total. The molecule has 1 aliphatic rings. The predicted octanol–water partition coefficient (Wildman–Crippen LogP) is 6.44. The molecule has 0 fully saturated rings. The Hall–Kier alpha value is -4.02. The van der Waals surface area contributed by atoms with Gasteiger partial charge in [-0.25, -0.2) is 9.59 Å². The zero-order chi connectivity index (χ0) is 29.6. The number of urea groups is 1. The number of amides is 2. The van der Waals surface area contributed by atoms with Gasteiger partial charge in [-0.1, -0.05) is 23.8 Å². The smallest absolute Gasteiger partial charge is 0.419 e. The van der Waals surface area contributed by atoms with Crippen LogP contribution in [0.2, 0.25) is 0 Å². The Kier molecular flexibility index (Phi) is 9.83. The van der Waals surface area contributed by atoms with E-state index in [1.54, 1.807) is 11.8 Å². The number of methoxy groups -OCH3 is 1. The number of hydrogen-bond acceptors (Lipinski definition) is 6. The summed E-state index contributed by atoms with van der Waals surface area (Å²) in [4.78, 5) is 39.5. The monoisotopic (exact) mass is 562 g/mol. The molecule has 0 atom stereocenters. The van der Waals surface area contributed by atoms with Crippen molar-refractivity contribution in [1.82, 2.24) is 4.90 Å². The van der Waals surface area contributed by atoms with E-state index in [2.05, 4.69) is 5.32 Å². The van der Waals surface area contributed by atoms with E-state index < -0.39 is 29.4 Å². The van der Waals surface area contributed by atoms with E-state index in [-0.39, 0.29) is 37.5 Å². The molecule has 2 aromatic carbocycles. The van der Waals surface area contributed by atoms with Crippen LogP contribution in [0, 0.1) is 6.92 Å². The second kappa shape index (κ2) is 12.9. The number of ether oxygens (including phenoxy) is 3. The highest BCUT2D eigenvalue weighted by Crippen LogP contribution is 2.42. The van der Waals surface area contributed by atoms with Crippen LogP contribution in [0.1, 0.15) is 66.2 Å². The van der Waals surface area contributed by atoms with Crippen LogP contribution in [0.4, 0.5) is 23.7 Å². The summed E-state index contributed by atoms with van der Waals surface area (Å²) in [7, 11) is 1.50. The first kappa shape index (κ1) is 30.5. The molecule has 0 spiro atoms. The average molecular weight is 563 g/mol. The first-order valence-electron chi connectivity index (χ1n) is 12.9. The van der Waals surface area contributed by atoms with E-state index in [0.29, 0.717) is 35.7 Å². The third-order valence-corrected chi connectivity index (χ3v) is 6.75. The predicted molar refractivity (Wildman–Crippen MR) is 143 cm³/mol. The van der Waals surface area contributed by atoms with Crippen LogP contribution < -0.4 is 14.8 Å². The maximum atomic E-state index is 13.2. The maximum absolute atomic E-state index is 13.2. The van der Waals surface area contributed by atoms with Gasteiger partial charge in [-0.15, -0.1) is 0 Å². The average Bonchev–Trinajstić information content (AvgIpc) is 3.30. The fourth-order valence-corrected chi connectivity index (χ4v) is 4.53. The van der Waals surface area contributed by atoms with Gasteiger partial charge < -0.3 is 24.4 Å². The van der Waals surface area contributed by atoms with Crippen molar-refractivity contribution < 1.29 is 41.8 Å². The molecule has 0 unspecified atom stereocenters. The molecule has 0 aromatic heterocycles. The summed E-state index contributed by atoms with van der Waals surface area (Å²) in [6.45, 7) is 8.27. The van der Waals surface area contributed by atoms with Crippen molar-refractivity contribution in [2.45, 2.75) is 59.7 Å². The number of cyclic esters (lactones) is 1. The number of carbonyl (C=O) groups is 3. The summed E-state index contributed by atoms with van der Waals surface area (Å²) in [5.74, 6) is -1.38. The number of anilines is 1. The lowest BCUT2D eigenvalue weighted by Gasteiger charge is -2.23. The highest BCUT2D eigenvalue weighted by Gasteiger charge is 2.35. The first-order chi connectivity index (χ1) is 18.9. The van der Waals surface area contributed by atoms with E-state index in [0.717, 1.165) is 23.3 Å². The highest BCUT2D eigenvalue weighted by molar-refractivity contribution is 6.05. The fraction of sp³-hybridized carbons (Fsp3) is 0.414. The number of carbonyl (C=O) groups excluding carboxylic acids is 3. The van der Waals surface area contributed by atoms with Crippen LogP contribution in [0.5, 0.6) is 11.5 Å². The number of alkyl halides is 3. The molecule has 216 valence electrons. The molecular weight excluding hydrogens is 529 g/mol. The molecule has 0 saturated carbocycles. The molecule has 11 heteroatoms. The molecule has 3 rings (SSSR count). The van der Waals surface area contributed by atoms with Crippen molar-refractivity contribution in [2.24, 2.45) is 0 Å². The number of hydrogen-bond donors (Lipinski definition) is 1. The zero-order valence-corrected chi connectivity index (χ0v) is 23.2. The minimum absolute atomic E-state index is 0.0687. The molecular formula is C29H33F3N2O6. The van der Waals surface area contributed by atoms with E-state index in [1.165, 1.54) is 19.2 Å². The van der Waals surface area contributed by atoms with Crippen LogP contribution in [0.15, 0.2) is 35.9 Å². The standard InChI is InChI=1S/C29H33F3N2O6/c1-6-34(7-2)28(37)33-25-19(26(38-5)18(4)20-16-39-27(36)24(20)25)14-12-17(3)13-15-23(35)40-22-11-9-8-10-21(22)29(30,31)32/h8-12H,6-7,13-16H2,1-5H3,(H,33,37). The minimum atomic E-state index is -4.65. The number of fused-ring (bicyclic) bond motifs is 1. The van der Waals surface area contributed by atoms with Crippen molar-refractivity contribution in [2.75, 3.05) is 25.5 Å². The van der Waals surface area contributed by atoms with Gasteiger partial charge >= 0.3 is 24.1 Å². The summed E-state index contributed by atoms with van der Waals surface area (Å²) >= 11 is 0. The maximum Gasteiger partial charge on any atom is 0.419 e. The molecule has 0 aliphatic carbocycles. The van der Waals surface area contributed by atoms with Gasteiger partial charge in [0.15, 0.2) is 0 Å². The van der Waals surface area contributed by atoms with Gasteiger partial charge in [0.25, 0.3) is 0 Å². The second-order valence-corrected chi connectivity index (χ2v) is 9.27. The van der Waals surface area contributed by atoms with Gasteiger partial charge in [0.1, 0.15) is 18.1 Å². The van der Waals surface area contributed by atoms with Gasteiger partial charge in [-0.05, 0) is 58.2 Å². The first-order valence-corrected chi connectivity index (χ1v) is 12.9. The minimum Gasteiger partial charge on any atom is -0.496 e. The van der Waals surface area contributed by atoms with Gasteiger partial charge in [-0.3, -0.25) is 4.79 Å². The third kappa shape index (κ3) is 6.75. The van der Waals surface area contributed by atoms with E-state index in [1.807, 2.05) is 26.8 Å². The Labute approximate surface area is 231 Å². The van der Waals surface area contributed by atoms with Crippen molar-refractivity contribution in [3.05, 3.63) is 63.7 Å². The number of para-hydroxylation sites is 1. The van der Waals surface area contributed by atoms with E-state index in [4.69, 9.17) is 14.2 Å². The molecule has 0 radical (unpaired) electrons. The lowest BCUT2D eigenvalue weighted by molar-refractivity contribution is -0.142. The van der Waals surface area contributed by atoms with E-state index in [9.17, 15) is 27.6 Å². The molecule has 2 aromatic rings. The van der Waals surface area contributed by atoms with E-state index >= 15 is 0 Å². The quantitative estimate of drug-likeness (QED) is 0.203. The summed E-state index contributed by atoms with van der Waals surface area (Å²) in [6, 6.07) is 4.17. The number of allylic oxidation sites excluding steroid dienone is 2. The zero-order valence-electron chi connectivity index (χ0n) is 23.2. The van der Waals surface area contributed by atoms with Gasteiger partial charge in [0.2, 0.25) is 0 Å². The third-order valence-electron chi connectivity index (χ3n) is 6.75. The van der Waals surface area contributed by atoms with Crippen LogP contribution in [-0.2, 0) is 28.7 Å². The number of nitrogens with zero attached hydrogens (tertiary/aromatic N) is 1. The number of benzene rings is 2. The SMILES string of the molecule is CCN(CC)C(=O)Nc1c(CC=C(C)CCC(=O)Oc2ccccc2C(F)(F)F)c(OC)c(C)c2c1C(=O)OC2. The summed E-state index contributed by atoms with van der Waals surface area (Å²) in [5, 5.41) is 2.87. The van der Waals surface area contributed by atoms with Gasteiger partial charge in [0.05, 0.1) is 23.9 Å². The van der Waals surface area contributed by atoms with Crippen molar-refractivity contribution in [3.8, 4) is 11.5 Å². The summed E-state index contributed by atoms with van der Waals surface area (Å²) < 4.78 is 55.5. The molecule has 8 nitrogen and oxygen atoms in total. The molecule has 0 saturated heterocycles. The highest BCUT2D eigenvalue weighted by atomic mass is 19.4. The summed E-state index contributed by atoms with van der Waals surface area (Å²) in [5.41, 5.74) is 2.26. The van der Waals surface area contributed by atoms with Crippen molar-refractivity contribution >= 4 is 23.7 Å². The Balaban J connectivity index is 1.83. The normalized spacial score (nSPS) is 13.0. The van der Waals surface area contributed by atoms with Crippen LogP contribution in [0.25, 0.3) is 0 Å². The van der Waals surface area contributed by atoms with Crippen LogP contribution >= 0.6 is 0 Å². The Morgan fingerprint density at radius 1 is 1.15 bits per heavy atom. The molecule has 2 amide bonds. The Morgan fingerprint density at radius 2 is 1.82 bits per heavy atom. The topological polar surface area (TPSA) is 94.2 Å². The molecule has 1 heterocycles. The fourth-order valence-electron chi connectivity index (χ4n) is 4.53. The summed E-state index contributed by atoms with van der Waals surface area (Å²) in [6.07, 6.45) is -2.51. The molecule has 40 heavy (non-hydrogen) atoms. The van der Waals surface area contributed by atoms with Crippen LogP contribution in [0.3, 0.4) is 0 Å². The van der Waals surface area contributed by atoms with Gasteiger partial charge in [-0.2, -0.15) is 13.2 Å². The van der Waals surface area contributed by atoms with Gasteiger partial charge in [0, 0.05) is 30.6 Å². The second-order valence-electron chi connectivity index (χ2n) is 9.27. The van der Waals surface area contributed by atoms with Crippen molar-refractivity contribution in [1.29, 1.82) is 0 Å². The Morgan fingerprint density at radius 3 is 2.45 bits per heavy atom. The number of rotatable bonds is 10. The lowest BCUT2D eigenvalue weighted by atomic mass is 9.93. The van der Waals surface area contributed by atoms with Crippen molar-refractivity contribution in [3.63, 3.8) is 0 Å². The number of halogens is 3. The van der Waals surface area contributed by atoms with Crippen LogP contribution in [-0.4, -0.2) is 43.1 Å². The molecule has 0 bridgehead atoms. The Bertz CT molecular complexity index is 1320. The number of esters is 2.